The Morgan fingerprint density at radius 1 is 1.58 bits per heavy atom. The quantitative estimate of drug-likeness (QED) is 0.695. The zero-order chi connectivity index (χ0) is 8.97. The van der Waals surface area contributed by atoms with Crippen molar-refractivity contribution in [1.82, 2.24) is 15.1 Å². The lowest BCUT2D eigenvalue weighted by Crippen LogP contribution is -2.21. The van der Waals surface area contributed by atoms with Gasteiger partial charge in [-0.1, -0.05) is 0 Å². The van der Waals surface area contributed by atoms with Crippen molar-refractivity contribution in [3.8, 4) is 0 Å². The van der Waals surface area contributed by atoms with E-state index < -0.39 is 0 Å². The molecule has 0 aliphatic carbocycles. The Balaban J connectivity index is 2.29. The van der Waals surface area contributed by atoms with Crippen LogP contribution in [0.25, 0.3) is 0 Å². The first-order valence-corrected chi connectivity index (χ1v) is 4.08. The molecule has 0 spiro atoms. The van der Waals surface area contributed by atoms with Crippen molar-refractivity contribution in [2.24, 2.45) is 0 Å². The van der Waals surface area contributed by atoms with E-state index in [4.69, 9.17) is 0 Å². The molecule has 12 heavy (non-hydrogen) atoms. The van der Waals surface area contributed by atoms with Gasteiger partial charge in [-0.15, -0.1) is 0 Å². The zero-order valence-corrected chi connectivity index (χ0v) is 7.89. The van der Waals surface area contributed by atoms with Gasteiger partial charge in [-0.05, 0) is 21.0 Å². The van der Waals surface area contributed by atoms with Gasteiger partial charge in [0, 0.05) is 18.7 Å². The van der Waals surface area contributed by atoms with E-state index in [9.17, 15) is 0 Å². The van der Waals surface area contributed by atoms with E-state index in [0.29, 0.717) is 0 Å². The third kappa shape index (κ3) is 2.54. The van der Waals surface area contributed by atoms with Crippen LogP contribution in [0.3, 0.4) is 0 Å². The number of hydrogen-bond acceptors (Lipinski definition) is 3. The Morgan fingerprint density at radius 3 is 2.83 bits per heavy atom. The first-order valence-electron chi connectivity index (χ1n) is 4.08. The first kappa shape index (κ1) is 9.06. The van der Waals surface area contributed by atoms with Crippen LogP contribution in [0.15, 0.2) is 6.20 Å². The summed E-state index contributed by atoms with van der Waals surface area (Å²) in [6.45, 7) is 4.00. The van der Waals surface area contributed by atoms with Crippen molar-refractivity contribution in [1.29, 1.82) is 0 Å². The molecule has 68 valence electrons. The second-order valence-electron chi connectivity index (χ2n) is 3.16. The molecule has 0 atom stereocenters. The van der Waals surface area contributed by atoms with Crippen molar-refractivity contribution >= 4 is 5.82 Å². The molecule has 1 aromatic heterocycles. The fraction of sp³-hybridized carbons (Fsp3) is 0.625. The summed E-state index contributed by atoms with van der Waals surface area (Å²) in [5.41, 5.74) is 1.16. The smallest absolute Gasteiger partial charge is 0.124 e. The molecular weight excluding hydrogens is 152 g/mol. The van der Waals surface area contributed by atoms with Crippen molar-refractivity contribution in [3.05, 3.63) is 11.8 Å². The van der Waals surface area contributed by atoms with Gasteiger partial charge >= 0.3 is 0 Å². The number of rotatable bonds is 4. The molecule has 0 saturated carbocycles. The van der Waals surface area contributed by atoms with E-state index in [-0.39, 0.29) is 0 Å². The minimum atomic E-state index is 0.941. The third-order valence-corrected chi connectivity index (χ3v) is 1.69. The SMILES string of the molecule is Cc1cn[nH]c1NCCN(C)C. The third-order valence-electron chi connectivity index (χ3n) is 1.69. The lowest BCUT2D eigenvalue weighted by molar-refractivity contribution is 0.425. The van der Waals surface area contributed by atoms with Gasteiger partial charge in [0.05, 0.1) is 6.20 Å². The van der Waals surface area contributed by atoms with E-state index in [0.717, 1.165) is 24.5 Å². The summed E-state index contributed by atoms with van der Waals surface area (Å²) >= 11 is 0. The van der Waals surface area contributed by atoms with Crippen LogP contribution >= 0.6 is 0 Å². The van der Waals surface area contributed by atoms with Crippen LogP contribution in [0.5, 0.6) is 0 Å². The maximum absolute atomic E-state index is 3.92. The number of hydrogen-bond donors (Lipinski definition) is 2. The Kier molecular flexibility index (Phi) is 3.10. The van der Waals surface area contributed by atoms with Gasteiger partial charge in [0.1, 0.15) is 5.82 Å². The fourth-order valence-corrected chi connectivity index (χ4v) is 0.930. The van der Waals surface area contributed by atoms with Gasteiger partial charge in [-0.25, -0.2) is 0 Å². The summed E-state index contributed by atoms with van der Waals surface area (Å²) in [4.78, 5) is 2.14. The number of H-pyrrole nitrogens is 1. The summed E-state index contributed by atoms with van der Waals surface area (Å²) in [6.07, 6.45) is 1.82. The average molecular weight is 168 g/mol. The van der Waals surface area contributed by atoms with Gasteiger partial charge < -0.3 is 10.2 Å². The number of nitrogens with zero attached hydrogens (tertiary/aromatic N) is 2. The monoisotopic (exact) mass is 168 g/mol. The molecule has 0 radical (unpaired) electrons. The lowest BCUT2D eigenvalue weighted by Gasteiger charge is -2.10. The molecule has 0 fully saturated rings. The van der Waals surface area contributed by atoms with Crippen molar-refractivity contribution in [3.63, 3.8) is 0 Å². The summed E-state index contributed by atoms with van der Waals surface area (Å²) in [5.74, 6) is 1.02. The van der Waals surface area contributed by atoms with Crippen LogP contribution < -0.4 is 5.32 Å². The standard InChI is InChI=1S/C8H16N4/c1-7-6-10-11-8(7)9-4-5-12(2)3/h6H,4-5H2,1-3H3,(H2,9,10,11). The van der Waals surface area contributed by atoms with Gasteiger partial charge in [0.25, 0.3) is 0 Å². The van der Waals surface area contributed by atoms with Crippen LogP contribution in [-0.2, 0) is 0 Å². The van der Waals surface area contributed by atoms with Crippen molar-refractivity contribution < 1.29 is 0 Å². The van der Waals surface area contributed by atoms with E-state index in [1.54, 1.807) is 0 Å². The number of aryl methyl sites for hydroxylation is 1. The average Bonchev–Trinajstić information content (AvgIpc) is 2.36. The molecule has 4 heteroatoms. The Morgan fingerprint density at radius 2 is 2.33 bits per heavy atom. The highest BCUT2D eigenvalue weighted by atomic mass is 15.2. The summed E-state index contributed by atoms with van der Waals surface area (Å²) in [5, 5.41) is 10.1. The predicted molar refractivity (Wildman–Crippen MR) is 50.4 cm³/mol. The molecule has 0 bridgehead atoms. The number of nitrogens with one attached hydrogen (secondary N) is 2. The largest absolute Gasteiger partial charge is 0.369 e. The number of likely N-dealkylation sites (N-methyl/N-ethyl adjacent to an activating group) is 1. The maximum atomic E-state index is 3.92. The van der Waals surface area contributed by atoms with Crippen molar-refractivity contribution in [2.45, 2.75) is 6.92 Å². The molecule has 1 heterocycles. The second-order valence-corrected chi connectivity index (χ2v) is 3.16. The van der Waals surface area contributed by atoms with Gasteiger partial charge in [0.15, 0.2) is 0 Å². The molecule has 4 nitrogen and oxygen atoms in total. The Hall–Kier alpha value is -1.03. The van der Waals surface area contributed by atoms with Gasteiger partial charge in [-0.2, -0.15) is 5.10 Å². The lowest BCUT2D eigenvalue weighted by atomic mass is 10.4. The molecular formula is C8H16N4. The van der Waals surface area contributed by atoms with Crippen LogP contribution in [0.4, 0.5) is 5.82 Å². The molecule has 0 aliphatic rings. The minimum absolute atomic E-state index is 0.941. The molecule has 0 saturated heterocycles. The predicted octanol–water partition coefficient (Wildman–Crippen LogP) is 0.692. The topological polar surface area (TPSA) is 44.0 Å². The molecule has 1 rings (SSSR count). The normalized spacial score (nSPS) is 10.7. The summed E-state index contributed by atoms with van der Waals surface area (Å²) in [7, 11) is 4.11. The number of aromatic amines is 1. The van der Waals surface area contributed by atoms with Crippen molar-refractivity contribution in [2.75, 3.05) is 32.5 Å². The summed E-state index contributed by atoms with van der Waals surface area (Å²) in [6, 6.07) is 0. The molecule has 0 unspecified atom stereocenters. The highest BCUT2D eigenvalue weighted by Crippen LogP contribution is 2.06. The highest BCUT2D eigenvalue weighted by molar-refractivity contribution is 5.40. The summed E-state index contributed by atoms with van der Waals surface area (Å²) < 4.78 is 0. The van der Waals surface area contributed by atoms with Gasteiger partial charge in [-0.3, -0.25) is 5.10 Å². The Bertz CT molecular complexity index is 229. The zero-order valence-electron chi connectivity index (χ0n) is 7.89. The molecule has 1 aromatic rings. The highest BCUT2D eigenvalue weighted by Gasteiger charge is 1.97. The van der Waals surface area contributed by atoms with Crippen LogP contribution in [-0.4, -0.2) is 42.3 Å². The van der Waals surface area contributed by atoms with E-state index >= 15 is 0 Å². The molecule has 0 amide bonds. The minimum Gasteiger partial charge on any atom is -0.369 e. The van der Waals surface area contributed by atoms with E-state index in [1.165, 1.54) is 0 Å². The molecule has 0 aromatic carbocycles. The number of aromatic nitrogens is 2. The Labute approximate surface area is 73.0 Å². The first-order chi connectivity index (χ1) is 5.70. The maximum Gasteiger partial charge on any atom is 0.124 e. The molecule has 2 N–H and O–H groups in total. The molecule has 0 aliphatic heterocycles. The number of anilines is 1. The van der Waals surface area contributed by atoms with Crippen LogP contribution in [0.1, 0.15) is 5.56 Å². The van der Waals surface area contributed by atoms with E-state index in [2.05, 4.69) is 34.5 Å². The fourth-order valence-electron chi connectivity index (χ4n) is 0.930. The van der Waals surface area contributed by atoms with Gasteiger partial charge in [0.2, 0.25) is 0 Å². The second kappa shape index (κ2) is 4.11. The van der Waals surface area contributed by atoms with Crippen LogP contribution in [0, 0.1) is 6.92 Å². The van der Waals surface area contributed by atoms with Crippen LogP contribution in [0.2, 0.25) is 0 Å². The van der Waals surface area contributed by atoms with E-state index in [1.807, 2.05) is 13.1 Å².